The monoisotopic (exact) mass is 460 g/mol. The summed E-state index contributed by atoms with van der Waals surface area (Å²) >= 11 is 14.0. The molecule has 1 saturated heterocycles. The van der Waals surface area contributed by atoms with Crippen LogP contribution in [0.4, 0.5) is 5.69 Å². The molecule has 3 aromatic rings. The normalized spacial score (nSPS) is 23.2. The molecule has 1 aromatic heterocycles. The van der Waals surface area contributed by atoms with Gasteiger partial charge in [-0.3, -0.25) is 9.59 Å². The Morgan fingerprint density at radius 2 is 1.79 bits per heavy atom. The van der Waals surface area contributed by atoms with Crippen molar-refractivity contribution in [2.45, 2.75) is 16.2 Å². The van der Waals surface area contributed by atoms with E-state index in [1.165, 1.54) is 28.0 Å². The zero-order valence-electron chi connectivity index (χ0n) is 14.7. The predicted octanol–water partition coefficient (Wildman–Crippen LogP) is 4.96. The van der Waals surface area contributed by atoms with E-state index in [4.69, 9.17) is 23.8 Å². The van der Waals surface area contributed by atoms with Gasteiger partial charge in [0.1, 0.15) is 11.0 Å². The quantitative estimate of drug-likeness (QED) is 0.417. The maximum Gasteiger partial charge on any atom is 0.248 e. The number of rotatable bonds is 2. The van der Waals surface area contributed by atoms with Crippen LogP contribution in [0, 0.1) is 9.87 Å². The molecule has 0 aliphatic carbocycles. The number of imide groups is 1. The summed E-state index contributed by atoms with van der Waals surface area (Å²) in [6, 6.07) is 13.6. The van der Waals surface area contributed by atoms with Gasteiger partial charge >= 0.3 is 0 Å². The molecular weight excluding hydrogens is 448 g/mol. The van der Waals surface area contributed by atoms with E-state index in [1.54, 1.807) is 42.5 Å². The summed E-state index contributed by atoms with van der Waals surface area (Å²) in [6.07, 6.45) is 0. The van der Waals surface area contributed by atoms with Crippen molar-refractivity contribution in [2.24, 2.45) is 5.92 Å². The van der Waals surface area contributed by atoms with Crippen molar-refractivity contribution < 1.29 is 14.7 Å². The number of hydrogen-bond donors (Lipinski definition) is 2. The Morgan fingerprint density at radius 3 is 2.52 bits per heavy atom. The lowest BCUT2D eigenvalue weighted by Gasteiger charge is -2.30. The van der Waals surface area contributed by atoms with Crippen molar-refractivity contribution in [1.29, 1.82) is 0 Å². The number of phenolic OH excluding ortho intramolecular Hbond substituents is 1. The highest BCUT2D eigenvalue weighted by Crippen LogP contribution is 2.55. The molecule has 146 valence electrons. The molecular formula is C20H13ClN2O3S3. The van der Waals surface area contributed by atoms with Gasteiger partial charge in [-0.2, -0.15) is 0 Å². The number of thioether (sulfide) groups is 1. The molecule has 2 amide bonds. The van der Waals surface area contributed by atoms with E-state index in [9.17, 15) is 14.7 Å². The number of aromatic amines is 1. The first-order chi connectivity index (χ1) is 14.0. The van der Waals surface area contributed by atoms with Gasteiger partial charge in [0.15, 0.2) is 3.95 Å². The van der Waals surface area contributed by atoms with Crippen LogP contribution in [0.5, 0.6) is 5.75 Å². The van der Waals surface area contributed by atoms with Crippen molar-refractivity contribution in [1.82, 2.24) is 4.98 Å². The zero-order chi connectivity index (χ0) is 20.3. The third kappa shape index (κ3) is 2.93. The molecule has 3 unspecified atom stereocenters. The van der Waals surface area contributed by atoms with Crippen molar-refractivity contribution in [3.63, 3.8) is 0 Å². The van der Waals surface area contributed by atoms with Gasteiger partial charge in [0.25, 0.3) is 0 Å². The first-order valence-corrected chi connectivity index (χ1v) is 11.2. The Labute approximate surface area is 184 Å². The number of fused-ring (bicyclic) bond motifs is 2. The molecule has 2 aliphatic rings. The molecule has 3 atom stereocenters. The Morgan fingerprint density at radius 1 is 1.07 bits per heavy atom. The van der Waals surface area contributed by atoms with Crippen LogP contribution >= 0.6 is 46.9 Å². The fourth-order valence-corrected chi connectivity index (χ4v) is 7.02. The summed E-state index contributed by atoms with van der Waals surface area (Å²) in [6.45, 7) is 0. The van der Waals surface area contributed by atoms with Crippen LogP contribution in [0.15, 0.2) is 53.6 Å². The number of carbonyl (C=O) groups excluding carboxylic acids is 2. The lowest BCUT2D eigenvalue weighted by molar-refractivity contribution is -0.122. The van der Waals surface area contributed by atoms with E-state index in [0.717, 1.165) is 9.90 Å². The molecule has 2 aliphatic heterocycles. The van der Waals surface area contributed by atoms with Gasteiger partial charge in [-0.15, -0.1) is 11.3 Å². The Kier molecular flexibility index (Phi) is 4.54. The van der Waals surface area contributed by atoms with Gasteiger partial charge in [-0.1, -0.05) is 41.6 Å². The van der Waals surface area contributed by atoms with E-state index < -0.39 is 17.1 Å². The number of aromatic nitrogens is 1. The molecule has 0 bridgehead atoms. The molecule has 0 spiro atoms. The second kappa shape index (κ2) is 6.98. The number of anilines is 1. The molecule has 9 heteroatoms. The largest absolute Gasteiger partial charge is 0.508 e. The first-order valence-electron chi connectivity index (χ1n) is 8.76. The van der Waals surface area contributed by atoms with E-state index >= 15 is 0 Å². The number of amides is 2. The minimum absolute atomic E-state index is 0.0959. The standard InChI is InChI=1S/C20H13ClN2O3S3/c21-9-5-7-10(8-6-9)23-18(25)14-13(11-3-1-2-4-12(11)24)15-17(22-20(27)29-15)28-16(14)19(23)26/h1-8,13-14,16,24H,(H,22,27). The van der Waals surface area contributed by atoms with E-state index in [1.807, 2.05) is 6.07 Å². The second-order valence-corrected chi connectivity index (χ2v) is 10.1. The number of phenols is 1. The Hall–Kier alpha value is -2.13. The minimum Gasteiger partial charge on any atom is -0.508 e. The van der Waals surface area contributed by atoms with Crippen LogP contribution in [-0.4, -0.2) is 27.2 Å². The lowest BCUT2D eigenvalue weighted by atomic mass is 9.82. The Bertz CT molecular complexity index is 1200. The minimum atomic E-state index is -0.634. The third-order valence-corrected chi connectivity index (χ3v) is 8.19. The molecule has 5 rings (SSSR count). The average Bonchev–Trinajstić information content (AvgIpc) is 3.19. The highest BCUT2D eigenvalue weighted by atomic mass is 35.5. The fraction of sp³-hybridized carbons (Fsp3) is 0.150. The van der Waals surface area contributed by atoms with Crippen molar-refractivity contribution in [3.8, 4) is 5.75 Å². The maximum absolute atomic E-state index is 13.5. The third-order valence-electron chi connectivity index (χ3n) is 5.18. The second-order valence-electron chi connectivity index (χ2n) is 6.80. The smallest absolute Gasteiger partial charge is 0.248 e. The van der Waals surface area contributed by atoms with Gasteiger partial charge in [-0.25, -0.2) is 4.90 Å². The SMILES string of the molecule is O=C1C2Sc3[nH]c(=S)sc3C(c3ccccc3O)C2C(=O)N1c1ccc(Cl)cc1. The lowest BCUT2D eigenvalue weighted by Crippen LogP contribution is -2.32. The van der Waals surface area contributed by atoms with Crippen LogP contribution in [0.2, 0.25) is 5.02 Å². The summed E-state index contributed by atoms with van der Waals surface area (Å²) < 4.78 is 0.581. The van der Waals surface area contributed by atoms with Gasteiger partial charge < -0.3 is 10.1 Å². The van der Waals surface area contributed by atoms with Gasteiger partial charge in [-0.05, 0) is 42.5 Å². The summed E-state index contributed by atoms with van der Waals surface area (Å²) in [5.41, 5.74) is 1.11. The molecule has 5 nitrogen and oxygen atoms in total. The zero-order valence-corrected chi connectivity index (χ0v) is 17.9. The number of thiazole rings is 1. The number of nitrogens with zero attached hydrogens (tertiary/aromatic N) is 1. The van der Waals surface area contributed by atoms with Crippen LogP contribution < -0.4 is 4.90 Å². The van der Waals surface area contributed by atoms with Gasteiger partial charge in [0, 0.05) is 21.4 Å². The van der Waals surface area contributed by atoms with Crippen molar-refractivity contribution in [2.75, 3.05) is 4.90 Å². The molecule has 29 heavy (non-hydrogen) atoms. The molecule has 2 aromatic carbocycles. The summed E-state index contributed by atoms with van der Waals surface area (Å²) in [5, 5.41) is 11.2. The van der Waals surface area contributed by atoms with Gasteiger partial charge in [0.05, 0.1) is 16.6 Å². The number of para-hydroxylation sites is 1. The molecule has 1 fully saturated rings. The van der Waals surface area contributed by atoms with E-state index in [2.05, 4.69) is 4.98 Å². The number of carbonyl (C=O) groups is 2. The predicted molar refractivity (Wildman–Crippen MR) is 117 cm³/mol. The van der Waals surface area contributed by atoms with E-state index in [0.29, 0.717) is 20.2 Å². The van der Waals surface area contributed by atoms with Crippen molar-refractivity contribution >= 4 is 64.4 Å². The van der Waals surface area contributed by atoms with Crippen LogP contribution in [-0.2, 0) is 9.59 Å². The number of aromatic hydroxyl groups is 1. The highest BCUT2D eigenvalue weighted by molar-refractivity contribution is 8.01. The number of hydrogen-bond acceptors (Lipinski definition) is 6. The summed E-state index contributed by atoms with van der Waals surface area (Å²) in [5.74, 6) is -1.55. The number of benzene rings is 2. The average molecular weight is 461 g/mol. The number of nitrogens with one attached hydrogen (secondary N) is 1. The number of H-pyrrole nitrogens is 1. The summed E-state index contributed by atoms with van der Waals surface area (Å²) in [4.78, 5) is 32.0. The molecule has 0 saturated carbocycles. The maximum atomic E-state index is 13.5. The number of halogens is 1. The van der Waals surface area contributed by atoms with Crippen LogP contribution in [0.3, 0.4) is 0 Å². The van der Waals surface area contributed by atoms with Crippen LogP contribution in [0.25, 0.3) is 0 Å². The summed E-state index contributed by atoms with van der Waals surface area (Å²) in [7, 11) is 0. The molecule has 0 radical (unpaired) electrons. The highest BCUT2D eigenvalue weighted by Gasteiger charge is 2.56. The molecule has 3 heterocycles. The topological polar surface area (TPSA) is 73.4 Å². The van der Waals surface area contributed by atoms with Crippen LogP contribution in [0.1, 0.15) is 16.4 Å². The van der Waals surface area contributed by atoms with E-state index in [-0.39, 0.29) is 17.6 Å². The Balaban J connectivity index is 1.67. The molecule has 2 N–H and O–H groups in total. The first kappa shape index (κ1) is 18.9. The van der Waals surface area contributed by atoms with Gasteiger partial charge in [0.2, 0.25) is 11.8 Å². The van der Waals surface area contributed by atoms with Crippen molar-refractivity contribution in [3.05, 3.63) is 67.9 Å². The fourth-order valence-electron chi connectivity index (χ4n) is 3.95.